The smallest absolute Gasteiger partial charge is 0.338 e. The van der Waals surface area contributed by atoms with Crippen molar-refractivity contribution in [2.24, 2.45) is 0 Å². The van der Waals surface area contributed by atoms with Crippen LogP contribution in [0.4, 0.5) is 5.95 Å². The lowest BCUT2D eigenvalue weighted by molar-refractivity contribution is -0.139. The van der Waals surface area contributed by atoms with Gasteiger partial charge in [-0.05, 0) is 64.2 Å². The van der Waals surface area contributed by atoms with Gasteiger partial charge in [-0.3, -0.25) is 0 Å². The number of nitrogens with zero attached hydrogens (tertiary/aromatic N) is 3. The van der Waals surface area contributed by atoms with Gasteiger partial charge in [0.15, 0.2) is 11.5 Å². The van der Waals surface area contributed by atoms with Gasteiger partial charge in [0.1, 0.15) is 6.04 Å². The van der Waals surface area contributed by atoms with E-state index in [9.17, 15) is 4.79 Å². The van der Waals surface area contributed by atoms with Crippen molar-refractivity contribution >= 4 is 51.2 Å². The SMILES string of the molecule is CCCCOC(=O)C1=C(C)Nc2nc(SCc3ccccc3Cl)nn2C1c1cc(Br)c(OCCc2ccccc2)c(OC)c1. The number of fused-ring (bicyclic) bond motifs is 1. The molecule has 1 aromatic heterocycles. The lowest BCUT2D eigenvalue weighted by Gasteiger charge is -2.29. The molecule has 0 aliphatic carbocycles. The highest BCUT2D eigenvalue weighted by atomic mass is 79.9. The van der Waals surface area contributed by atoms with E-state index in [0.717, 1.165) is 30.4 Å². The van der Waals surface area contributed by atoms with Crippen molar-refractivity contribution in [2.75, 3.05) is 25.6 Å². The maximum absolute atomic E-state index is 13.5. The van der Waals surface area contributed by atoms with Crippen molar-refractivity contribution in [1.82, 2.24) is 14.8 Å². The molecule has 44 heavy (non-hydrogen) atoms. The van der Waals surface area contributed by atoms with Crippen molar-refractivity contribution < 1.29 is 19.0 Å². The summed E-state index contributed by atoms with van der Waals surface area (Å²) in [6, 6.07) is 21.1. The lowest BCUT2D eigenvalue weighted by Crippen LogP contribution is -2.30. The molecule has 1 aliphatic heterocycles. The number of aromatic nitrogens is 3. The molecular weight excluding hydrogens is 664 g/mol. The van der Waals surface area contributed by atoms with Gasteiger partial charge in [-0.15, -0.1) is 5.10 Å². The van der Waals surface area contributed by atoms with Crippen LogP contribution >= 0.6 is 39.3 Å². The van der Waals surface area contributed by atoms with Gasteiger partial charge in [0, 0.05) is 22.9 Å². The number of thioether (sulfide) groups is 1. The molecule has 5 rings (SSSR count). The summed E-state index contributed by atoms with van der Waals surface area (Å²) in [4.78, 5) is 18.3. The third kappa shape index (κ3) is 7.42. The van der Waals surface area contributed by atoms with E-state index in [-0.39, 0.29) is 0 Å². The first kappa shape index (κ1) is 31.9. The van der Waals surface area contributed by atoms with Crippen LogP contribution in [0.15, 0.2) is 87.6 Å². The number of allylic oxidation sites excluding steroid dienone is 1. The minimum Gasteiger partial charge on any atom is -0.493 e. The number of carbonyl (C=O) groups is 1. The molecule has 1 N–H and O–H groups in total. The van der Waals surface area contributed by atoms with E-state index in [0.29, 0.717) is 62.3 Å². The fraction of sp³-hybridized carbons (Fsp3) is 0.303. The van der Waals surface area contributed by atoms with Gasteiger partial charge in [-0.2, -0.15) is 4.98 Å². The van der Waals surface area contributed by atoms with E-state index >= 15 is 0 Å². The largest absolute Gasteiger partial charge is 0.493 e. The number of methoxy groups -OCH3 is 1. The third-order valence-electron chi connectivity index (χ3n) is 7.15. The summed E-state index contributed by atoms with van der Waals surface area (Å²) in [6.45, 7) is 4.72. The van der Waals surface area contributed by atoms with Gasteiger partial charge >= 0.3 is 5.97 Å². The lowest BCUT2D eigenvalue weighted by atomic mass is 9.95. The summed E-state index contributed by atoms with van der Waals surface area (Å²) < 4.78 is 20.1. The molecule has 230 valence electrons. The molecule has 0 bridgehead atoms. The molecule has 1 unspecified atom stereocenters. The Morgan fingerprint density at radius 3 is 2.64 bits per heavy atom. The second-order valence-corrected chi connectivity index (χ2v) is 12.4. The van der Waals surface area contributed by atoms with Crippen LogP contribution in [0, 0.1) is 0 Å². The zero-order chi connectivity index (χ0) is 31.1. The fourth-order valence-electron chi connectivity index (χ4n) is 4.86. The summed E-state index contributed by atoms with van der Waals surface area (Å²) in [5.74, 6) is 1.84. The molecule has 1 atom stereocenters. The number of carbonyl (C=O) groups excluding carboxylic acids is 1. The van der Waals surface area contributed by atoms with Gasteiger partial charge in [-0.25, -0.2) is 9.48 Å². The van der Waals surface area contributed by atoms with Gasteiger partial charge in [0.05, 0.1) is 30.4 Å². The quantitative estimate of drug-likeness (QED) is 0.0850. The van der Waals surface area contributed by atoms with Crippen LogP contribution in [0.1, 0.15) is 49.4 Å². The first-order valence-corrected chi connectivity index (χ1v) is 16.6. The van der Waals surface area contributed by atoms with Gasteiger partial charge < -0.3 is 19.5 Å². The first-order valence-electron chi connectivity index (χ1n) is 14.4. The zero-order valence-electron chi connectivity index (χ0n) is 24.8. The summed E-state index contributed by atoms with van der Waals surface area (Å²) in [5.41, 5.74) is 4.04. The second kappa shape index (κ2) is 15.0. The summed E-state index contributed by atoms with van der Waals surface area (Å²) in [7, 11) is 1.60. The molecule has 4 aromatic rings. The number of ether oxygens (including phenoxy) is 3. The van der Waals surface area contributed by atoms with Crippen LogP contribution < -0.4 is 14.8 Å². The monoisotopic (exact) mass is 696 g/mol. The molecule has 0 fully saturated rings. The number of hydrogen-bond donors (Lipinski definition) is 1. The van der Waals surface area contributed by atoms with Crippen molar-refractivity contribution in [2.45, 2.75) is 50.1 Å². The second-order valence-electron chi connectivity index (χ2n) is 10.2. The molecule has 8 nitrogen and oxygen atoms in total. The van der Waals surface area contributed by atoms with Gasteiger partial charge in [0.2, 0.25) is 11.1 Å². The maximum atomic E-state index is 13.5. The Kier molecular flexibility index (Phi) is 10.9. The van der Waals surface area contributed by atoms with Crippen molar-refractivity contribution in [3.8, 4) is 11.5 Å². The Hall–Kier alpha value is -3.47. The standard InChI is InChI=1S/C33H34BrClN4O4S/c1-4-5-16-43-31(40)28-21(2)36-32-37-33(44-20-23-13-9-10-14-26(23)35)38-39(32)29(28)24-18-25(34)30(27(19-24)41-3)42-17-15-22-11-7-6-8-12-22/h6-14,18-19,29H,4-5,15-17,20H2,1-3H3,(H,36,37,38). The Morgan fingerprint density at radius 1 is 1.11 bits per heavy atom. The van der Waals surface area contributed by atoms with Crippen molar-refractivity contribution in [3.05, 3.63) is 104 Å². The van der Waals surface area contributed by atoms with Crippen LogP contribution in [0.5, 0.6) is 11.5 Å². The van der Waals surface area contributed by atoms with E-state index < -0.39 is 12.0 Å². The topological polar surface area (TPSA) is 87.5 Å². The number of unbranched alkanes of at least 4 members (excludes halogenated alkanes) is 1. The number of nitrogens with one attached hydrogen (secondary N) is 1. The molecule has 0 radical (unpaired) electrons. The Labute approximate surface area is 275 Å². The van der Waals surface area contributed by atoms with Crippen LogP contribution in [0.25, 0.3) is 0 Å². The molecule has 3 aromatic carbocycles. The molecule has 11 heteroatoms. The minimum absolute atomic E-state index is 0.337. The van der Waals surface area contributed by atoms with Crippen LogP contribution in [-0.2, 0) is 21.7 Å². The Bertz CT molecular complexity index is 1650. The summed E-state index contributed by atoms with van der Waals surface area (Å²) in [5, 5.41) is 9.36. The predicted octanol–water partition coefficient (Wildman–Crippen LogP) is 8.25. The van der Waals surface area contributed by atoms with Crippen LogP contribution in [-0.4, -0.2) is 41.1 Å². The van der Waals surface area contributed by atoms with E-state index in [4.69, 9.17) is 35.9 Å². The molecule has 0 spiro atoms. The van der Waals surface area contributed by atoms with Gasteiger partial charge in [0.25, 0.3) is 0 Å². The maximum Gasteiger partial charge on any atom is 0.338 e. The Balaban J connectivity index is 1.47. The van der Waals surface area contributed by atoms with Crippen molar-refractivity contribution in [3.63, 3.8) is 0 Å². The highest BCUT2D eigenvalue weighted by Crippen LogP contribution is 2.43. The molecule has 0 amide bonds. The van der Waals surface area contributed by atoms with Gasteiger partial charge in [-0.1, -0.05) is 85.2 Å². The Morgan fingerprint density at radius 2 is 1.89 bits per heavy atom. The number of esters is 1. The predicted molar refractivity (Wildman–Crippen MR) is 178 cm³/mol. The highest BCUT2D eigenvalue weighted by Gasteiger charge is 2.36. The number of rotatable bonds is 13. The number of anilines is 1. The van der Waals surface area contributed by atoms with Crippen LogP contribution in [0.2, 0.25) is 5.02 Å². The van der Waals surface area contributed by atoms with Crippen LogP contribution in [0.3, 0.4) is 0 Å². The zero-order valence-corrected chi connectivity index (χ0v) is 28.0. The fourth-order valence-corrected chi connectivity index (χ4v) is 6.55. The van der Waals surface area contributed by atoms with E-state index in [1.165, 1.54) is 17.3 Å². The molecule has 0 saturated heterocycles. The first-order chi connectivity index (χ1) is 21.4. The van der Waals surface area contributed by atoms with E-state index in [1.807, 2.05) is 61.5 Å². The number of halogens is 2. The molecule has 1 aliphatic rings. The molecule has 2 heterocycles. The average Bonchev–Trinajstić information content (AvgIpc) is 3.43. The van der Waals surface area contributed by atoms with E-state index in [2.05, 4.69) is 40.3 Å². The minimum atomic E-state index is -0.619. The number of hydrogen-bond acceptors (Lipinski definition) is 8. The summed E-state index contributed by atoms with van der Waals surface area (Å²) in [6.07, 6.45) is 2.45. The third-order valence-corrected chi connectivity index (χ3v) is 8.99. The average molecular weight is 698 g/mol. The highest BCUT2D eigenvalue weighted by molar-refractivity contribution is 9.10. The normalized spacial score (nSPS) is 14.2. The van der Waals surface area contributed by atoms with Crippen molar-refractivity contribution in [1.29, 1.82) is 0 Å². The number of benzene rings is 3. The molecule has 0 saturated carbocycles. The summed E-state index contributed by atoms with van der Waals surface area (Å²) >= 11 is 11.6. The molecular formula is C33H34BrClN4O4S. The van der Waals surface area contributed by atoms with E-state index in [1.54, 1.807) is 11.8 Å².